The minimum Gasteiger partial charge on any atom is -0.299 e. The first-order valence-corrected chi connectivity index (χ1v) is 6.39. The number of benzene rings is 1. The summed E-state index contributed by atoms with van der Waals surface area (Å²) in [6, 6.07) is 8.83. The van der Waals surface area contributed by atoms with Gasteiger partial charge in [-0.3, -0.25) is 4.90 Å². The van der Waals surface area contributed by atoms with Crippen LogP contribution < -0.4 is 0 Å². The van der Waals surface area contributed by atoms with Gasteiger partial charge in [-0.1, -0.05) is 18.6 Å². The maximum atomic E-state index is 2.56. The Bertz CT molecular complexity index is 292. The van der Waals surface area contributed by atoms with Crippen molar-refractivity contribution >= 4 is 22.6 Å². The monoisotopic (exact) mass is 301 g/mol. The van der Waals surface area contributed by atoms with Gasteiger partial charge >= 0.3 is 0 Å². The van der Waals surface area contributed by atoms with Crippen molar-refractivity contribution in [2.24, 2.45) is 0 Å². The Balaban J connectivity index is 1.95. The van der Waals surface area contributed by atoms with Gasteiger partial charge in [0.25, 0.3) is 0 Å². The highest BCUT2D eigenvalue weighted by molar-refractivity contribution is 14.1. The molecule has 14 heavy (non-hydrogen) atoms. The molecule has 1 aliphatic rings. The average Bonchev–Trinajstić information content (AvgIpc) is 2.19. The lowest BCUT2D eigenvalue weighted by atomic mass is 10.1. The van der Waals surface area contributed by atoms with Crippen molar-refractivity contribution in [3.8, 4) is 0 Å². The highest BCUT2D eigenvalue weighted by Gasteiger charge is 2.09. The van der Waals surface area contributed by atoms with Gasteiger partial charge in [-0.15, -0.1) is 0 Å². The summed E-state index contributed by atoms with van der Waals surface area (Å²) >= 11 is 2.38. The summed E-state index contributed by atoms with van der Waals surface area (Å²) in [7, 11) is 0. The van der Waals surface area contributed by atoms with E-state index in [1.165, 1.54) is 41.5 Å². The van der Waals surface area contributed by atoms with Crippen molar-refractivity contribution in [3.63, 3.8) is 0 Å². The fourth-order valence-corrected chi connectivity index (χ4v) is 2.62. The molecule has 1 nitrogen and oxygen atoms in total. The zero-order valence-electron chi connectivity index (χ0n) is 8.38. The van der Waals surface area contributed by atoms with E-state index in [0.29, 0.717) is 0 Å². The van der Waals surface area contributed by atoms with Crippen LogP contribution in [0.4, 0.5) is 0 Å². The van der Waals surface area contributed by atoms with E-state index in [9.17, 15) is 0 Å². The summed E-state index contributed by atoms with van der Waals surface area (Å²) in [4.78, 5) is 2.56. The smallest absolute Gasteiger partial charge is 0.0234 e. The molecule has 76 valence electrons. The quantitative estimate of drug-likeness (QED) is 0.758. The van der Waals surface area contributed by atoms with Crippen LogP contribution in [0.2, 0.25) is 0 Å². The molecule has 1 aromatic carbocycles. The third-order valence-corrected chi connectivity index (χ3v) is 3.41. The van der Waals surface area contributed by atoms with E-state index < -0.39 is 0 Å². The van der Waals surface area contributed by atoms with Crippen LogP contribution in [0.3, 0.4) is 0 Å². The zero-order chi connectivity index (χ0) is 9.80. The molecular weight excluding hydrogens is 285 g/mol. The number of likely N-dealkylation sites (tertiary alicyclic amines) is 1. The highest BCUT2D eigenvalue weighted by Crippen LogP contribution is 2.14. The molecule has 0 amide bonds. The van der Waals surface area contributed by atoms with Gasteiger partial charge < -0.3 is 0 Å². The van der Waals surface area contributed by atoms with Crippen molar-refractivity contribution in [1.29, 1.82) is 0 Å². The summed E-state index contributed by atoms with van der Waals surface area (Å²) in [6.07, 6.45) is 4.18. The number of nitrogens with zero attached hydrogens (tertiary/aromatic N) is 1. The second-order valence-corrected chi connectivity index (χ2v) is 5.21. The van der Waals surface area contributed by atoms with Gasteiger partial charge in [0.2, 0.25) is 0 Å². The molecule has 1 fully saturated rings. The first-order valence-electron chi connectivity index (χ1n) is 5.31. The van der Waals surface area contributed by atoms with Crippen LogP contribution in [0.25, 0.3) is 0 Å². The fraction of sp³-hybridized carbons (Fsp3) is 0.500. The minimum absolute atomic E-state index is 1.14. The molecular formula is C12H16IN. The predicted octanol–water partition coefficient (Wildman–Crippen LogP) is 3.28. The maximum absolute atomic E-state index is 2.56. The summed E-state index contributed by atoms with van der Waals surface area (Å²) < 4.78 is 1.34. The lowest BCUT2D eigenvalue weighted by Crippen LogP contribution is -2.29. The number of hydrogen-bond donors (Lipinski definition) is 0. The topological polar surface area (TPSA) is 3.24 Å². The average molecular weight is 301 g/mol. The Morgan fingerprint density at radius 2 is 1.93 bits per heavy atom. The van der Waals surface area contributed by atoms with E-state index in [1.54, 1.807) is 0 Å². The molecule has 2 heteroatoms. The van der Waals surface area contributed by atoms with Crippen molar-refractivity contribution in [3.05, 3.63) is 33.4 Å². The highest BCUT2D eigenvalue weighted by atomic mass is 127. The summed E-state index contributed by atoms with van der Waals surface area (Å²) in [5.74, 6) is 0. The Kier molecular flexibility index (Phi) is 3.81. The Labute approximate surface area is 99.6 Å². The molecule has 2 rings (SSSR count). The van der Waals surface area contributed by atoms with Crippen LogP contribution >= 0.6 is 22.6 Å². The van der Waals surface area contributed by atoms with Gasteiger partial charge in [0.05, 0.1) is 0 Å². The molecule has 0 aromatic heterocycles. The Morgan fingerprint density at radius 3 is 2.64 bits per heavy atom. The third-order valence-electron chi connectivity index (χ3n) is 2.74. The molecule has 0 atom stereocenters. The molecule has 1 heterocycles. The van der Waals surface area contributed by atoms with Crippen LogP contribution in [0.1, 0.15) is 24.8 Å². The van der Waals surface area contributed by atoms with E-state index in [0.717, 1.165) is 6.54 Å². The van der Waals surface area contributed by atoms with Crippen molar-refractivity contribution in [2.75, 3.05) is 13.1 Å². The van der Waals surface area contributed by atoms with Crippen molar-refractivity contribution in [2.45, 2.75) is 25.8 Å². The first kappa shape index (κ1) is 10.4. The molecule has 0 unspecified atom stereocenters. The van der Waals surface area contributed by atoms with Crippen LogP contribution in [-0.4, -0.2) is 18.0 Å². The first-order chi connectivity index (χ1) is 6.84. The molecule has 0 aliphatic carbocycles. The van der Waals surface area contributed by atoms with Gasteiger partial charge in [-0.2, -0.15) is 0 Å². The summed E-state index contributed by atoms with van der Waals surface area (Å²) in [6.45, 7) is 3.70. The fourth-order valence-electron chi connectivity index (χ4n) is 2.01. The van der Waals surface area contributed by atoms with Crippen LogP contribution in [0, 0.1) is 3.57 Å². The second-order valence-electron chi connectivity index (χ2n) is 3.97. The molecule has 0 spiro atoms. The van der Waals surface area contributed by atoms with Gasteiger partial charge in [0.15, 0.2) is 0 Å². The molecule has 0 bridgehead atoms. The third kappa shape index (κ3) is 2.95. The van der Waals surface area contributed by atoms with Crippen LogP contribution in [0.15, 0.2) is 24.3 Å². The summed E-state index contributed by atoms with van der Waals surface area (Å²) in [5, 5.41) is 0. The van der Waals surface area contributed by atoms with Crippen molar-refractivity contribution in [1.82, 2.24) is 4.90 Å². The molecule has 1 saturated heterocycles. The molecule has 0 saturated carbocycles. The van der Waals surface area contributed by atoms with Crippen LogP contribution in [0.5, 0.6) is 0 Å². The SMILES string of the molecule is Ic1cccc(CN2CCCCC2)c1. The largest absolute Gasteiger partial charge is 0.299 e. The normalized spacial score (nSPS) is 18.4. The zero-order valence-corrected chi connectivity index (χ0v) is 10.5. The van der Waals surface area contributed by atoms with Gasteiger partial charge in [-0.05, 0) is 66.2 Å². The molecule has 0 radical (unpaired) electrons. The van der Waals surface area contributed by atoms with E-state index in [-0.39, 0.29) is 0 Å². The van der Waals surface area contributed by atoms with Crippen molar-refractivity contribution < 1.29 is 0 Å². The lowest BCUT2D eigenvalue weighted by molar-refractivity contribution is 0.221. The molecule has 0 N–H and O–H groups in total. The standard InChI is InChI=1S/C12H16IN/c13-12-6-4-5-11(9-12)10-14-7-2-1-3-8-14/h4-6,9H,1-3,7-8,10H2. The maximum Gasteiger partial charge on any atom is 0.0234 e. The number of hydrogen-bond acceptors (Lipinski definition) is 1. The number of halogens is 1. The van der Waals surface area contributed by atoms with E-state index >= 15 is 0 Å². The van der Waals surface area contributed by atoms with E-state index in [4.69, 9.17) is 0 Å². The molecule has 1 aromatic rings. The van der Waals surface area contributed by atoms with Gasteiger partial charge in [-0.25, -0.2) is 0 Å². The van der Waals surface area contributed by atoms with Gasteiger partial charge in [0.1, 0.15) is 0 Å². The summed E-state index contributed by atoms with van der Waals surface area (Å²) in [5.41, 5.74) is 1.46. The number of piperidine rings is 1. The lowest BCUT2D eigenvalue weighted by Gasteiger charge is -2.26. The van der Waals surface area contributed by atoms with E-state index in [1.807, 2.05) is 0 Å². The second kappa shape index (κ2) is 5.12. The minimum atomic E-state index is 1.14. The van der Waals surface area contributed by atoms with Crippen LogP contribution in [-0.2, 0) is 6.54 Å². The molecule has 1 aliphatic heterocycles. The Hall–Kier alpha value is -0.0900. The van der Waals surface area contributed by atoms with E-state index in [2.05, 4.69) is 51.8 Å². The Morgan fingerprint density at radius 1 is 1.14 bits per heavy atom. The van der Waals surface area contributed by atoms with Gasteiger partial charge in [0, 0.05) is 10.1 Å². The number of rotatable bonds is 2. The predicted molar refractivity (Wildman–Crippen MR) is 68.3 cm³/mol.